The molecule has 5 rings (SSSR count). The molecule has 33 heavy (non-hydrogen) atoms. The quantitative estimate of drug-likeness (QED) is 0.389. The van der Waals surface area contributed by atoms with Gasteiger partial charge in [0.05, 0.1) is 0 Å². The van der Waals surface area contributed by atoms with Gasteiger partial charge in [0.15, 0.2) is 0 Å². The molecule has 4 aromatic rings. The number of hydrogen-bond donors (Lipinski definition) is 0. The molecule has 0 bridgehead atoms. The average Bonchev–Trinajstić information content (AvgIpc) is 3.41. The van der Waals surface area contributed by atoms with Gasteiger partial charge in [-0.1, -0.05) is 47.6 Å². The zero-order chi connectivity index (χ0) is 23.0. The van der Waals surface area contributed by atoms with Crippen LogP contribution in [0.2, 0.25) is 0 Å². The molecule has 2 heterocycles. The number of alkyl halides is 3. The largest absolute Gasteiger partial charge is 0.471 e. The van der Waals surface area contributed by atoms with E-state index in [1.165, 1.54) is 6.07 Å². The number of hydrogen-bond acceptors (Lipinski definition) is 5. The van der Waals surface area contributed by atoms with Crippen LogP contribution in [0.15, 0.2) is 77.3 Å². The normalized spacial score (nSPS) is 13.3. The molecule has 0 radical (unpaired) electrons. The Hall–Kier alpha value is -4.14. The maximum atomic E-state index is 13.0. The standard InChI is InChI=1S/C24H16F3N3O3/c25-24(26,27)23-28-21(29-33-23)16-9-10-17-14-30(22(31)20(17)12-16)13-15-5-4-8-19(11-15)32-18-6-2-1-3-7-18/h1-12H,13-14H2. The van der Waals surface area contributed by atoms with Crippen molar-refractivity contribution in [1.82, 2.24) is 15.0 Å². The predicted molar refractivity (Wildman–Crippen MR) is 111 cm³/mol. The number of nitrogens with zero attached hydrogens (tertiary/aromatic N) is 3. The lowest BCUT2D eigenvalue weighted by atomic mass is 10.1. The molecular weight excluding hydrogens is 435 g/mol. The second kappa shape index (κ2) is 8.09. The maximum absolute atomic E-state index is 13.0. The maximum Gasteiger partial charge on any atom is 0.471 e. The summed E-state index contributed by atoms with van der Waals surface area (Å²) in [6.07, 6.45) is -4.73. The highest BCUT2D eigenvalue weighted by Gasteiger charge is 2.38. The fraction of sp³-hybridized carbons (Fsp3) is 0.125. The zero-order valence-corrected chi connectivity index (χ0v) is 17.0. The van der Waals surface area contributed by atoms with E-state index in [9.17, 15) is 18.0 Å². The van der Waals surface area contributed by atoms with Crippen molar-refractivity contribution in [2.24, 2.45) is 0 Å². The molecule has 0 saturated carbocycles. The molecule has 166 valence electrons. The summed E-state index contributed by atoms with van der Waals surface area (Å²) in [5, 5.41) is 3.39. The van der Waals surface area contributed by atoms with E-state index in [-0.39, 0.29) is 17.3 Å². The Morgan fingerprint density at radius 3 is 2.52 bits per heavy atom. The Balaban J connectivity index is 1.32. The molecule has 1 amide bonds. The number of rotatable bonds is 5. The highest BCUT2D eigenvalue weighted by molar-refractivity contribution is 5.99. The van der Waals surface area contributed by atoms with E-state index in [0.29, 0.717) is 30.2 Å². The van der Waals surface area contributed by atoms with Crippen LogP contribution in [0.3, 0.4) is 0 Å². The third kappa shape index (κ3) is 4.30. The molecule has 0 spiro atoms. The number of benzene rings is 3. The van der Waals surface area contributed by atoms with Gasteiger partial charge >= 0.3 is 12.1 Å². The summed E-state index contributed by atoms with van der Waals surface area (Å²) in [7, 11) is 0. The third-order valence-corrected chi connectivity index (χ3v) is 5.17. The molecule has 0 N–H and O–H groups in total. The van der Waals surface area contributed by atoms with Gasteiger partial charge in [-0.3, -0.25) is 4.79 Å². The van der Waals surface area contributed by atoms with Gasteiger partial charge in [0, 0.05) is 24.2 Å². The number of carbonyl (C=O) groups is 1. The molecule has 0 saturated heterocycles. The molecular formula is C24H16F3N3O3. The molecule has 1 aromatic heterocycles. The molecule has 3 aromatic carbocycles. The first-order valence-electron chi connectivity index (χ1n) is 10.0. The van der Waals surface area contributed by atoms with Crippen molar-refractivity contribution in [3.05, 3.63) is 95.4 Å². The highest BCUT2D eigenvalue weighted by atomic mass is 19.4. The molecule has 1 aliphatic rings. The van der Waals surface area contributed by atoms with Gasteiger partial charge in [-0.15, -0.1) is 0 Å². The van der Waals surface area contributed by atoms with Gasteiger partial charge in [0.2, 0.25) is 5.82 Å². The first-order chi connectivity index (χ1) is 15.9. The number of para-hydroxylation sites is 1. The van der Waals surface area contributed by atoms with E-state index in [1.54, 1.807) is 17.0 Å². The van der Waals surface area contributed by atoms with Crippen LogP contribution in [0.25, 0.3) is 11.4 Å². The molecule has 0 unspecified atom stereocenters. The van der Waals surface area contributed by atoms with Crippen LogP contribution in [0, 0.1) is 0 Å². The summed E-state index contributed by atoms with van der Waals surface area (Å²) >= 11 is 0. The van der Waals surface area contributed by atoms with Crippen molar-refractivity contribution >= 4 is 5.91 Å². The summed E-state index contributed by atoms with van der Waals surface area (Å²) in [6.45, 7) is 0.744. The van der Waals surface area contributed by atoms with Crippen molar-refractivity contribution < 1.29 is 27.2 Å². The van der Waals surface area contributed by atoms with Crippen LogP contribution in [-0.4, -0.2) is 20.9 Å². The van der Waals surface area contributed by atoms with E-state index in [0.717, 1.165) is 11.1 Å². The number of halogens is 3. The summed E-state index contributed by atoms with van der Waals surface area (Å²) < 4.78 is 48.4. The first kappa shape index (κ1) is 20.7. The van der Waals surface area contributed by atoms with Gasteiger partial charge in [-0.25, -0.2) is 0 Å². The van der Waals surface area contributed by atoms with Gasteiger partial charge in [0.25, 0.3) is 5.91 Å². The van der Waals surface area contributed by atoms with E-state index in [2.05, 4.69) is 14.7 Å². The fourth-order valence-electron chi connectivity index (χ4n) is 3.64. The highest BCUT2D eigenvalue weighted by Crippen LogP contribution is 2.32. The molecule has 0 fully saturated rings. The van der Waals surface area contributed by atoms with E-state index in [4.69, 9.17) is 4.74 Å². The SMILES string of the molecule is O=C1c2cc(-c3noc(C(F)(F)F)n3)ccc2CN1Cc1cccc(Oc2ccccc2)c1. The topological polar surface area (TPSA) is 68.5 Å². The monoisotopic (exact) mass is 451 g/mol. The first-order valence-corrected chi connectivity index (χ1v) is 10.0. The third-order valence-electron chi connectivity index (χ3n) is 5.17. The van der Waals surface area contributed by atoms with Crippen LogP contribution in [-0.2, 0) is 19.3 Å². The molecule has 9 heteroatoms. The van der Waals surface area contributed by atoms with Crippen LogP contribution in [0.5, 0.6) is 11.5 Å². The minimum Gasteiger partial charge on any atom is -0.457 e. The minimum absolute atomic E-state index is 0.220. The van der Waals surface area contributed by atoms with E-state index >= 15 is 0 Å². The Morgan fingerprint density at radius 2 is 1.76 bits per heavy atom. The van der Waals surface area contributed by atoms with E-state index < -0.39 is 12.1 Å². The lowest BCUT2D eigenvalue weighted by Gasteiger charge is -2.16. The van der Waals surface area contributed by atoms with Crippen molar-refractivity contribution in [2.45, 2.75) is 19.3 Å². The van der Waals surface area contributed by atoms with Crippen molar-refractivity contribution in [1.29, 1.82) is 0 Å². The Bertz CT molecular complexity index is 1320. The Labute approximate surface area is 186 Å². The zero-order valence-electron chi connectivity index (χ0n) is 17.0. The van der Waals surface area contributed by atoms with Crippen molar-refractivity contribution in [3.8, 4) is 22.9 Å². The number of fused-ring (bicyclic) bond motifs is 1. The second-order valence-electron chi connectivity index (χ2n) is 7.52. The lowest BCUT2D eigenvalue weighted by molar-refractivity contribution is -0.159. The number of aromatic nitrogens is 2. The predicted octanol–water partition coefficient (Wildman–Crippen LogP) is 5.70. The Morgan fingerprint density at radius 1 is 0.970 bits per heavy atom. The van der Waals surface area contributed by atoms with Crippen molar-refractivity contribution in [3.63, 3.8) is 0 Å². The van der Waals surface area contributed by atoms with Crippen molar-refractivity contribution in [2.75, 3.05) is 0 Å². The number of amides is 1. The van der Waals surface area contributed by atoms with Crippen LogP contribution in [0.1, 0.15) is 27.4 Å². The summed E-state index contributed by atoms with van der Waals surface area (Å²) in [5.41, 5.74) is 2.35. The summed E-state index contributed by atoms with van der Waals surface area (Å²) in [5.74, 6) is -0.504. The van der Waals surface area contributed by atoms with Gasteiger partial charge < -0.3 is 14.2 Å². The minimum atomic E-state index is -4.73. The Kier molecular flexibility index (Phi) is 5.08. The smallest absolute Gasteiger partial charge is 0.457 e. The molecule has 1 aliphatic heterocycles. The summed E-state index contributed by atoms with van der Waals surface area (Å²) in [4.78, 5) is 18.0. The fourth-order valence-corrected chi connectivity index (χ4v) is 3.64. The number of ether oxygens (including phenoxy) is 1. The molecule has 0 atom stereocenters. The van der Waals surface area contributed by atoms with Gasteiger partial charge in [-0.2, -0.15) is 18.2 Å². The van der Waals surface area contributed by atoms with Gasteiger partial charge in [-0.05, 0) is 41.5 Å². The molecule has 0 aliphatic carbocycles. The van der Waals surface area contributed by atoms with E-state index in [1.807, 2.05) is 54.6 Å². The lowest BCUT2D eigenvalue weighted by Crippen LogP contribution is -2.23. The number of carbonyl (C=O) groups excluding carboxylic acids is 1. The summed E-state index contributed by atoms with van der Waals surface area (Å²) in [6, 6.07) is 21.6. The second-order valence-corrected chi connectivity index (χ2v) is 7.52. The van der Waals surface area contributed by atoms with Crippen LogP contribution < -0.4 is 4.74 Å². The molecule has 6 nitrogen and oxygen atoms in total. The van der Waals surface area contributed by atoms with Crippen LogP contribution in [0.4, 0.5) is 13.2 Å². The van der Waals surface area contributed by atoms with Gasteiger partial charge in [0.1, 0.15) is 11.5 Å². The average molecular weight is 451 g/mol. The van der Waals surface area contributed by atoms with Crippen LogP contribution >= 0.6 is 0 Å².